The molecule has 1 saturated carbocycles. The second-order valence-corrected chi connectivity index (χ2v) is 8.40. The molecule has 1 amide bonds. The summed E-state index contributed by atoms with van der Waals surface area (Å²) >= 11 is 3.56. The van der Waals surface area contributed by atoms with E-state index in [1.165, 1.54) is 19.1 Å². The number of rotatable bonds is 5. The molecule has 0 aliphatic heterocycles. The zero-order valence-corrected chi connectivity index (χ0v) is 14.2. The summed E-state index contributed by atoms with van der Waals surface area (Å²) < 4.78 is 27.0. The molecule has 1 aliphatic rings. The molecule has 0 aromatic heterocycles. The van der Waals surface area contributed by atoms with Crippen molar-refractivity contribution in [1.29, 1.82) is 0 Å². The average molecular weight is 375 g/mol. The summed E-state index contributed by atoms with van der Waals surface area (Å²) in [5.41, 5.74) is 0.583. The minimum absolute atomic E-state index is 0.186. The molecule has 21 heavy (non-hydrogen) atoms. The number of halogens is 1. The first kappa shape index (κ1) is 16.5. The molecule has 1 fully saturated rings. The van der Waals surface area contributed by atoms with E-state index in [1.54, 1.807) is 12.1 Å². The van der Waals surface area contributed by atoms with Crippen LogP contribution >= 0.6 is 15.9 Å². The van der Waals surface area contributed by atoms with Gasteiger partial charge >= 0.3 is 0 Å². The Morgan fingerprint density at radius 1 is 1.29 bits per heavy atom. The molecule has 2 rings (SSSR count). The number of amides is 1. The van der Waals surface area contributed by atoms with Crippen molar-refractivity contribution >= 4 is 37.5 Å². The van der Waals surface area contributed by atoms with E-state index in [1.807, 2.05) is 0 Å². The standard InChI is InChI=1S/C14H19BrN2O3S/c1-10(18)17-13-4-6-14(7-5-13)21(19,20)16-9-11-2-3-12(15)8-11/h4-7,11-12,16H,2-3,8-9H2,1H3,(H,17,18). The van der Waals surface area contributed by atoms with E-state index in [-0.39, 0.29) is 10.8 Å². The predicted octanol–water partition coefficient (Wildman–Crippen LogP) is 2.49. The minimum Gasteiger partial charge on any atom is -0.326 e. The first-order valence-corrected chi connectivity index (χ1v) is 9.28. The van der Waals surface area contributed by atoms with Gasteiger partial charge in [-0.2, -0.15) is 0 Å². The maximum Gasteiger partial charge on any atom is 0.240 e. The molecular formula is C14H19BrN2O3S. The van der Waals surface area contributed by atoms with Crippen LogP contribution in [0.25, 0.3) is 0 Å². The van der Waals surface area contributed by atoms with Crippen molar-refractivity contribution in [2.75, 3.05) is 11.9 Å². The molecule has 1 aromatic rings. The highest BCUT2D eigenvalue weighted by atomic mass is 79.9. The summed E-state index contributed by atoms with van der Waals surface area (Å²) in [7, 11) is -3.49. The lowest BCUT2D eigenvalue weighted by Crippen LogP contribution is -2.28. The van der Waals surface area contributed by atoms with E-state index in [2.05, 4.69) is 26.0 Å². The third-order valence-electron chi connectivity index (χ3n) is 3.52. The second-order valence-electron chi connectivity index (χ2n) is 5.33. The largest absolute Gasteiger partial charge is 0.326 e. The van der Waals surface area contributed by atoms with Gasteiger partial charge in [-0.15, -0.1) is 0 Å². The van der Waals surface area contributed by atoms with Crippen LogP contribution in [0.3, 0.4) is 0 Å². The molecule has 1 aromatic carbocycles. The number of alkyl halides is 1. The number of sulfonamides is 1. The van der Waals surface area contributed by atoms with Crippen LogP contribution in [0.15, 0.2) is 29.2 Å². The molecule has 0 heterocycles. The van der Waals surface area contributed by atoms with Gasteiger partial charge in [0.25, 0.3) is 0 Å². The summed E-state index contributed by atoms with van der Waals surface area (Å²) in [6.45, 7) is 1.88. The molecule has 0 bridgehead atoms. The normalized spacial score (nSPS) is 22.2. The van der Waals surface area contributed by atoms with Gasteiger partial charge in [0, 0.05) is 24.0 Å². The third kappa shape index (κ3) is 4.79. The summed E-state index contributed by atoms with van der Waals surface area (Å²) in [5.74, 6) is 0.206. The zero-order chi connectivity index (χ0) is 15.5. The Morgan fingerprint density at radius 3 is 2.48 bits per heavy atom. The number of carbonyl (C=O) groups is 1. The first-order valence-electron chi connectivity index (χ1n) is 6.88. The van der Waals surface area contributed by atoms with Gasteiger partial charge in [0.1, 0.15) is 0 Å². The molecule has 1 aliphatic carbocycles. The quantitative estimate of drug-likeness (QED) is 0.777. The predicted molar refractivity (Wildman–Crippen MR) is 86.0 cm³/mol. The van der Waals surface area contributed by atoms with E-state index in [4.69, 9.17) is 0 Å². The highest BCUT2D eigenvalue weighted by Crippen LogP contribution is 2.30. The molecule has 2 N–H and O–H groups in total. The van der Waals surface area contributed by atoms with Gasteiger partial charge < -0.3 is 5.32 Å². The van der Waals surface area contributed by atoms with Crippen LogP contribution in [0.2, 0.25) is 0 Å². The fourth-order valence-electron chi connectivity index (χ4n) is 2.43. The Labute approximate surface area is 133 Å². The average Bonchev–Trinajstić information content (AvgIpc) is 2.82. The lowest BCUT2D eigenvalue weighted by molar-refractivity contribution is -0.114. The summed E-state index contributed by atoms with van der Waals surface area (Å²) in [4.78, 5) is 11.6. The number of carbonyl (C=O) groups excluding carboxylic acids is 1. The van der Waals surface area contributed by atoms with Crippen LogP contribution in [0.1, 0.15) is 26.2 Å². The van der Waals surface area contributed by atoms with Crippen LogP contribution < -0.4 is 10.0 Å². The van der Waals surface area contributed by atoms with Crippen molar-refractivity contribution in [3.05, 3.63) is 24.3 Å². The summed E-state index contributed by atoms with van der Waals surface area (Å²) in [6.07, 6.45) is 3.14. The highest BCUT2D eigenvalue weighted by molar-refractivity contribution is 9.09. The van der Waals surface area contributed by atoms with Crippen molar-refractivity contribution < 1.29 is 13.2 Å². The summed E-state index contributed by atoms with van der Waals surface area (Å²) in [5, 5.41) is 2.61. The van der Waals surface area contributed by atoms with E-state index in [0.717, 1.165) is 19.3 Å². The van der Waals surface area contributed by atoms with Crippen LogP contribution in [-0.4, -0.2) is 25.7 Å². The number of hydrogen-bond donors (Lipinski definition) is 2. The highest BCUT2D eigenvalue weighted by Gasteiger charge is 2.24. The maximum atomic E-state index is 12.2. The SMILES string of the molecule is CC(=O)Nc1ccc(S(=O)(=O)NCC2CCC(Br)C2)cc1. The molecule has 0 radical (unpaired) electrons. The monoisotopic (exact) mass is 374 g/mol. The lowest BCUT2D eigenvalue weighted by atomic mass is 10.1. The van der Waals surface area contributed by atoms with Crippen molar-refractivity contribution in [3.63, 3.8) is 0 Å². The molecule has 2 atom stereocenters. The van der Waals surface area contributed by atoms with E-state index in [9.17, 15) is 13.2 Å². The Balaban J connectivity index is 1.97. The van der Waals surface area contributed by atoms with E-state index in [0.29, 0.717) is 23.0 Å². The molecule has 0 spiro atoms. The first-order chi connectivity index (χ1) is 9.87. The van der Waals surface area contributed by atoms with Crippen LogP contribution in [-0.2, 0) is 14.8 Å². The summed E-state index contributed by atoms with van der Waals surface area (Å²) in [6, 6.07) is 6.16. The van der Waals surface area contributed by atoms with Gasteiger partial charge in [0.15, 0.2) is 0 Å². The van der Waals surface area contributed by atoms with Gasteiger partial charge in [-0.25, -0.2) is 13.1 Å². The number of hydrogen-bond acceptors (Lipinski definition) is 3. The van der Waals surface area contributed by atoms with Gasteiger partial charge in [-0.1, -0.05) is 15.9 Å². The van der Waals surface area contributed by atoms with E-state index < -0.39 is 10.0 Å². The molecule has 2 unspecified atom stereocenters. The number of nitrogens with one attached hydrogen (secondary N) is 2. The van der Waals surface area contributed by atoms with Gasteiger partial charge in [-0.3, -0.25) is 4.79 Å². The van der Waals surface area contributed by atoms with Crippen LogP contribution in [0.4, 0.5) is 5.69 Å². The third-order valence-corrected chi connectivity index (χ3v) is 5.80. The smallest absolute Gasteiger partial charge is 0.240 e. The number of anilines is 1. The topological polar surface area (TPSA) is 75.3 Å². The van der Waals surface area contributed by atoms with Crippen LogP contribution in [0.5, 0.6) is 0 Å². The zero-order valence-electron chi connectivity index (χ0n) is 11.8. The molecular weight excluding hydrogens is 356 g/mol. The van der Waals surface area contributed by atoms with Gasteiger partial charge in [0.05, 0.1) is 4.90 Å². The fourth-order valence-corrected chi connectivity index (χ4v) is 4.34. The number of benzene rings is 1. The Bertz CT molecular complexity index is 601. The molecule has 7 heteroatoms. The Morgan fingerprint density at radius 2 is 1.95 bits per heavy atom. The molecule has 5 nitrogen and oxygen atoms in total. The Kier molecular flexibility index (Phi) is 5.40. The maximum absolute atomic E-state index is 12.2. The van der Waals surface area contributed by atoms with E-state index >= 15 is 0 Å². The fraction of sp³-hybridized carbons (Fsp3) is 0.500. The van der Waals surface area contributed by atoms with Crippen molar-refractivity contribution in [1.82, 2.24) is 4.72 Å². The van der Waals surface area contributed by atoms with Gasteiger partial charge in [0.2, 0.25) is 15.9 Å². The minimum atomic E-state index is -3.49. The van der Waals surface area contributed by atoms with Crippen molar-refractivity contribution in [2.24, 2.45) is 5.92 Å². The van der Waals surface area contributed by atoms with Gasteiger partial charge in [-0.05, 0) is 49.4 Å². The van der Waals surface area contributed by atoms with Crippen LogP contribution in [0, 0.1) is 5.92 Å². The Hall–Kier alpha value is -0.920. The second kappa shape index (κ2) is 6.89. The molecule has 116 valence electrons. The van der Waals surface area contributed by atoms with Crippen molar-refractivity contribution in [2.45, 2.75) is 35.9 Å². The lowest BCUT2D eigenvalue weighted by Gasteiger charge is -2.12. The van der Waals surface area contributed by atoms with Crippen molar-refractivity contribution in [3.8, 4) is 0 Å². The molecule has 0 saturated heterocycles.